The average Bonchev–Trinajstić information content (AvgIpc) is 2.68. The van der Waals surface area contributed by atoms with Crippen LogP contribution in [-0.4, -0.2) is 7.05 Å². The lowest BCUT2D eigenvalue weighted by molar-refractivity contribution is -0.00000355. The molecule has 0 bridgehead atoms. The minimum atomic E-state index is 0. The van der Waals surface area contributed by atoms with Gasteiger partial charge in [0.15, 0.2) is 0 Å². The summed E-state index contributed by atoms with van der Waals surface area (Å²) in [7, 11) is 1.89. The smallest absolute Gasteiger partial charge is 0.135 e. The summed E-state index contributed by atoms with van der Waals surface area (Å²) in [5.74, 6) is 1.72. The normalized spacial score (nSPS) is 9.88. The van der Waals surface area contributed by atoms with E-state index in [-0.39, 0.29) is 12.4 Å². The lowest BCUT2D eigenvalue weighted by Crippen LogP contribution is -3.00. The third-order valence-electron chi connectivity index (χ3n) is 2.15. The van der Waals surface area contributed by atoms with Crippen molar-refractivity contribution in [3.05, 3.63) is 47.2 Å². The predicted octanol–water partition coefficient (Wildman–Crippen LogP) is 0.323. The topological polar surface area (TPSA) is 25.2 Å². The van der Waals surface area contributed by atoms with Crippen LogP contribution in [0, 0.1) is 0 Å². The Morgan fingerprint density at radius 3 is 2.62 bits per heavy atom. The molecule has 86 valence electrons. The van der Waals surface area contributed by atoms with Crippen LogP contribution in [0.5, 0.6) is 0 Å². The van der Waals surface area contributed by atoms with Gasteiger partial charge >= 0.3 is 0 Å². The maximum absolute atomic E-state index is 6.07. The molecule has 0 saturated heterocycles. The molecular weight excluding hydrogens is 245 g/mol. The van der Waals surface area contributed by atoms with Gasteiger partial charge in [0.25, 0.3) is 0 Å². The fourth-order valence-corrected chi connectivity index (χ4v) is 1.68. The molecule has 0 radical (unpaired) electrons. The molecule has 0 aliphatic rings. The number of furan rings is 1. The Balaban J connectivity index is 0.00000128. The van der Waals surface area contributed by atoms with Crippen LogP contribution in [-0.2, 0) is 6.54 Å². The average molecular weight is 257 g/mol. The van der Waals surface area contributed by atoms with Gasteiger partial charge in [-0.2, -0.15) is 0 Å². The van der Waals surface area contributed by atoms with E-state index in [1.54, 1.807) is 0 Å². The summed E-state index contributed by atoms with van der Waals surface area (Å²) in [6.07, 6.45) is 0. The Kier molecular flexibility index (Phi) is 4.87. The van der Waals surface area contributed by atoms with E-state index >= 15 is 0 Å². The molecule has 0 atom stereocenters. The van der Waals surface area contributed by atoms with E-state index in [1.807, 2.05) is 43.4 Å². The van der Waals surface area contributed by atoms with Crippen molar-refractivity contribution in [1.29, 1.82) is 0 Å². The third kappa shape index (κ3) is 2.79. The Bertz CT molecular complexity index is 454. The van der Waals surface area contributed by atoms with Crippen molar-refractivity contribution in [2.24, 2.45) is 0 Å². The first-order valence-electron chi connectivity index (χ1n) is 4.79. The second-order valence-corrected chi connectivity index (χ2v) is 3.68. The van der Waals surface area contributed by atoms with Gasteiger partial charge in [-0.25, -0.2) is 0 Å². The van der Waals surface area contributed by atoms with Crippen LogP contribution in [0.4, 0.5) is 0 Å². The first-order chi connectivity index (χ1) is 7.31. The highest BCUT2D eigenvalue weighted by atomic mass is 35.5. The van der Waals surface area contributed by atoms with Crippen LogP contribution in [0.25, 0.3) is 11.3 Å². The summed E-state index contributed by atoms with van der Waals surface area (Å²) < 4.78 is 5.64. The van der Waals surface area contributed by atoms with Gasteiger partial charge in [-0.15, -0.1) is 0 Å². The number of halogens is 2. The van der Waals surface area contributed by atoms with E-state index in [9.17, 15) is 0 Å². The highest BCUT2D eigenvalue weighted by Gasteiger charge is 2.06. The first-order valence-corrected chi connectivity index (χ1v) is 5.17. The van der Waals surface area contributed by atoms with Gasteiger partial charge in [0.2, 0.25) is 0 Å². The summed E-state index contributed by atoms with van der Waals surface area (Å²) in [5, 5.41) is 3.75. The van der Waals surface area contributed by atoms with E-state index < -0.39 is 0 Å². The largest absolute Gasteiger partial charge is 1.00 e. The molecule has 1 heterocycles. The fourth-order valence-electron chi connectivity index (χ4n) is 1.45. The van der Waals surface area contributed by atoms with Gasteiger partial charge in [0.1, 0.15) is 11.5 Å². The van der Waals surface area contributed by atoms with Crippen LogP contribution >= 0.6 is 11.6 Å². The minimum absolute atomic E-state index is 0. The Hall–Kier alpha value is -0.960. The van der Waals surface area contributed by atoms with Gasteiger partial charge < -0.3 is 22.1 Å². The van der Waals surface area contributed by atoms with Crippen LogP contribution < -0.4 is 17.7 Å². The zero-order chi connectivity index (χ0) is 10.7. The SMILES string of the molecule is CNCc1ccc(-c2ccccc2Cl)o1.[Cl-]. The van der Waals surface area contributed by atoms with Gasteiger partial charge in [-0.3, -0.25) is 0 Å². The molecular formula is C12H12Cl2NO-. The summed E-state index contributed by atoms with van der Waals surface area (Å²) >= 11 is 6.07. The molecule has 0 spiro atoms. The molecule has 0 aliphatic carbocycles. The highest BCUT2D eigenvalue weighted by Crippen LogP contribution is 2.28. The fraction of sp³-hybridized carbons (Fsp3) is 0.167. The zero-order valence-electron chi connectivity index (χ0n) is 8.84. The quantitative estimate of drug-likeness (QED) is 0.857. The van der Waals surface area contributed by atoms with E-state index in [0.29, 0.717) is 5.02 Å². The van der Waals surface area contributed by atoms with Crippen molar-refractivity contribution in [2.45, 2.75) is 6.54 Å². The number of rotatable bonds is 3. The molecule has 16 heavy (non-hydrogen) atoms. The number of benzene rings is 1. The lowest BCUT2D eigenvalue weighted by atomic mass is 10.2. The predicted molar refractivity (Wildman–Crippen MR) is 61.9 cm³/mol. The van der Waals surface area contributed by atoms with Crippen molar-refractivity contribution >= 4 is 11.6 Å². The number of hydrogen-bond donors (Lipinski definition) is 1. The number of nitrogens with one attached hydrogen (secondary N) is 1. The van der Waals surface area contributed by atoms with Gasteiger partial charge in [0, 0.05) is 5.56 Å². The maximum Gasteiger partial charge on any atom is 0.135 e. The van der Waals surface area contributed by atoms with Crippen LogP contribution in [0.15, 0.2) is 40.8 Å². The van der Waals surface area contributed by atoms with Crippen molar-refractivity contribution < 1.29 is 16.8 Å². The van der Waals surface area contributed by atoms with E-state index in [2.05, 4.69) is 5.32 Å². The van der Waals surface area contributed by atoms with Crippen molar-refractivity contribution in [2.75, 3.05) is 7.05 Å². The second kappa shape index (κ2) is 5.94. The van der Waals surface area contributed by atoms with Crippen LogP contribution in [0.2, 0.25) is 5.02 Å². The maximum atomic E-state index is 6.07. The van der Waals surface area contributed by atoms with Crippen LogP contribution in [0.1, 0.15) is 5.76 Å². The van der Waals surface area contributed by atoms with Crippen LogP contribution in [0.3, 0.4) is 0 Å². The molecule has 0 amide bonds. The van der Waals surface area contributed by atoms with Gasteiger partial charge in [-0.05, 0) is 31.3 Å². The first kappa shape index (κ1) is 13.1. The standard InChI is InChI=1S/C12H12ClNO.ClH/c1-14-8-9-6-7-12(15-9)10-4-2-3-5-11(10)13;/h2-7,14H,8H2,1H3;1H/p-1. The molecule has 2 rings (SSSR count). The van der Waals surface area contributed by atoms with Crippen molar-refractivity contribution in [1.82, 2.24) is 5.32 Å². The van der Waals surface area contributed by atoms with Gasteiger partial charge in [-0.1, -0.05) is 23.7 Å². The van der Waals surface area contributed by atoms with E-state index in [1.165, 1.54) is 0 Å². The number of hydrogen-bond acceptors (Lipinski definition) is 2. The Labute approximate surface area is 106 Å². The lowest BCUT2D eigenvalue weighted by Gasteiger charge is -1.99. The molecule has 1 aromatic carbocycles. The molecule has 1 aromatic heterocycles. The molecule has 2 aromatic rings. The van der Waals surface area contributed by atoms with Crippen molar-refractivity contribution in [3.8, 4) is 11.3 Å². The molecule has 1 N–H and O–H groups in total. The van der Waals surface area contributed by atoms with E-state index in [0.717, 1.165) is 23.6 Å². The van der Waals surface area contributed by atoms with Gasteiger partial charge in [0.05, 0.1) is 11.6 Å². The van der Waals surface area contributed by atoms with Crippen molar-refractivity contribution in [3.63, 3.8) is 0 Å². The molecule has 0 saturated carbocycles. The molecule has 2 nitrogen and oxygen atoms in total. The molecule has 0 unspecified atom stereocenters. The zero-order valence-corrected chi connectivity index (χ0v) is 10.3. The summed E-state index contributed by atoms with van der Waals surface area (Å²) in [6.45, 7) is 0.727. The summed E-state index contributed by atoms with van der Waals surface area (Å²) in [5.41, 5.74) is 0.932. The third-order valence-corrected chi connectivity index (χ3v) is 2.48. The second-order valence-electron chi connectivity index (χ2n) is 3.28. The minimum Gasteiger partial charge on any atom is -1.00 e. The molecule has 0 fully saturated rings. The monoisotopic (exact) mass is 256 g/mol. The molecule has 4 heteroatoms. The Morgan fingerprint density at radius 2 is 1.94 bits per heavy atom. The summed E-state index contributed by atoms with van der Waals surface area (Å²) in [4.78, 5) is 0. The highest BCUT2D eigenvalue weighted by molar-refractivity contribution is 6.33. The Morgan fingerprint density at radius 1 is 1.19 bits per heavy atom. The van der Waals surface area contributed by atoms with E-state index in [4.69, 9.17) is 16.0 Å². The molecule has 0 aliphatic heterocycles. The summed E-state index contributed by atoms with van der Waals surface area (Å²) in [6, 6.07) is 11.6.